The molecule has 0 aliphatic carbocycles. The number of nitrogens with one attached hydrogen (secondary N) is 1. The molecule has 0 saturated heterocycles. The van der Waals surface area contributed by atoms with Crippen LogP contribution in [0.5, 0.6) is 0 Å². The monoisotopic (exact) mass is 377 g/mol. The molecule has 1 N–H and O–H groups in total. The topological polar surface area (TPSA) is 46.9 Å². The van der Waals surface area contributed by atoms with Crippen LogP contribution < -0.4 is 5.32 Å². The maximum absolute atomic E-state index is 12.5. The molecule has 3 rings (SSSR count). The van der Waals surface area contributed by atoms with Gasteiger partial charge in [0.1, 0.15) is 5.82 Å². The van der Waals surface area contributed by atoms with Crippen molar-refractivity contribution in [2.45, 2.75) is 59.4 Å². The highest BCUT2D eigenvalue weighted by Gasteiger charge is 2.12. The zero-order valence-electron chi connectivity index (χ0n) is 17.3. The standard InChI is InChI=1S/C24H31N3O/c1-4-5-6-9-16-27-22-11-8-7-10-21(22)26-23(27)14-15-25-24(28)20-13-12-18(2)17-19(20)3/h7-8,10-13,17H,4-6,9,14-16H2,1-3H3,(H,25,28). The summed E-state index contributed by atoms with van der Waals surface area (Å²) < 4.78 is 2.33. The number of aryl methyl sites for hydroxylation is 3. The van der Waals surface area contributed by atoms with Crippen LogP contribution in [0, 0.1) is 13.8 Å². The van der Waals surface area contributed by atoms with E-state index in [0.29, 0.717) is 6.54 Å². The van der Waals surface area contributed by atoms with Crippen molar-refractivity contribution in [2.75, 3.05) is 6.54 Å². The molecular weight excluding hydrogens is 346 g/mol. The summed E-state index contributed by atoms with van der Waals surface area (Å²) in [5.41, 5.74) is 5.16. The van der Waals surface area contributed by atoms with E-state index in [1.807, 2.05) is 38.1 Å². The molecule has 0 aliphatic heterocycles. The second kappa shape index (κ2) is 9.54. The fourth-order valence-electron chi connectivity index (χ4n) is 3.71. The lowest BCUT2D eigenvalue weighted by Crippen LogP contribution is -2.27. The number of aromatic nitrogens is 2. The first-order valence-electron chi connectivity index (χ1n) is 10.4. The molecule has 28 heavy (non-hydrogen) atoms. The first-order chi connectivity index (χ1) is 13.6. The molecule has 0 unspecified atom stereocenters. The van der Waals surface area contributed by atoms with E-state index in [4.69, 9.17) is 4.98 Å². The fraction of sp³-hybridized carbons (Fsp3) is 0.417. The number of hydrogen-bond donors (Lipinski definition) is 1. The Morgan fingerprint density at radius 1 is 1.07 bits per heavy atom. The van der Waals surface area contributed by atoms with E-state index in [0.717, 1.165) is 41.9 Å². The molecule has 1 aromatic heterocycles. The third-order valence-corrected chi connectivity index (χ3v) is 5.23. The highest BCUT2D eigenvalue weighted by molar-refractivity contribution is 5.95. The van der Waals surface area contributed by atoms with Crippen molar-refractivity contribution < 1.29 is 4.79 Å². The van der Waals surface area contributed by atoms with Crippen molar-refractivity contribution in [3.8, 4) is 0 Å². The van der Waals surface area contributed by atoms with Gasteiger partial charge in [-0.15, -0.1) is 0 Å². The van der Waals surface area contributed by atoms with Crippen LogP contribution in [-0.2, 0) is 13.0 Å². The number of carbonyl (C=O) groups excluding carboxylic acids is 1. The summed E-state index contributed by atoms with van der Waals surface area (Å²) in [6.07, 6.45) is 5.65. The smallest absolute Gasteiger partial charge is 0.251 e. The van der Waals surface area contributed by atoms with Crippen molar-refractivity contribution >= 4 is 16.9 Å². The molecule has 4 nitrogen and oxygen atoms in total. The van der Waals surface area contributed by atoms with E-state index >= 15 is 0 Å². The van der Waals surface area contributed by atoms with Crippen LogP contribution >= 0.6 is 0 Å². The van der Waals surface area contributed by atoms with Crippen LogP contribution in [0.3, 0.4) is 0 Å². The fourth-order valence-corrected chi connectivity index (χ4v) is 3.71. The molecule has 0 saturated carbocycles. The average Bonchev–Trinajstić information content (AvgIpc) is 3.02. The number of carbonyl (C=O) groups is 1. The van der Waals surface area contributed by atoms with Crippen LogP contribution in [0.15, 0.2) is 42.5 Å². The molecule has 1 heterocycles. The molecule has 0 atom stereocenters. The third-order valence-electron chi connectivity index (χ3n) is 5.23. The van der Waals surface area contributed by atoms with Crippen molar-refractivity contribution in [2.24, 2.45) is 0 Å². The quantitative estimate of drug-likeness (QED) is 0.521. The molecule has 2 aromatic carbocycles. The van der Waals surface area contributed by atoms with Crippen molar-refractivity contribution in [1.82, 2.24) is 14.9 Å². The minimum absolute atomic E-state index is 0.0110. The summed E-state index contributed by atoms with van der Waals surface area (Å²) in [6, 6.07) is 14.2. The first kappa shape index (κ1) is 20.1. The van der Waals surface area contributed by atoms with Crippen LogP contribution in [0.2, 0.25) is 0 Å². The molecular formula is C24H31N3O. The van der Waals surface area contributed by atoms with E-state index in [2.05, 4.69) is 35.0 Å². The van der Waals surface area contributed by atoms with Gasteiger partial charge in [-0.3, -0.25) is 4.79 Å². The second-order valence-electron chi connectivity index (χ2n) is 7.55. The van der Waals surface area contributed by atoms with Crippen LogP contribution in [-0.4, -0.2) is 22.0 Å². The molecule has 4 heteroatoms. The minimum atomic E-state index is -0.0110. The van der Waals surface area contributed by atoms with Crippen LogP contribution in [0.25, 0.3) is 11.0 Å². The Balaban J connectivity index is 1.67. The Kier molecular flexibility index (Phi) is 6.85. The number of unbranched alkanes of at least 4 members (excludes halogenated alkanes) is 3. The van der Waals surface area contributed by atoms with E-state index in [9.17, 15) is 4.79 Å². The average molecular weight is 378 g/mol. The molecule has 0 radical (unpaired) electrons. The van der Waals surface area contributed by atoms with Crippen molar-refractivity contribution in [3.63, 3.8) is 0 Å². The maximum atomic E-state index is 12.5. The molecule has 3 aromatic rings. The zero-order chi connectivity index (χ0) is 19.9. The van der Waals surface area contributed by atoms with Gasteiger partial charge in [0, 0.05) is 25.1 Å². The van der Waals surface area contributed by atoms with Crippen molar-refractivity contribution in [3.05, 3.63) is 65.0 Å². The lowest BCUT2D eigenvalue weighted by molar-refractivity contribution is 0.0953. The zero-order valence-corrected chi connectivity index (χ0v) is 17.3. The lowest BCUT2D eigenvalue weighted by Gasteiger charge is -2.11. The van der Waals surface area contributed by atoms with Gasteiger partial charge in [-0.1, -0.05) is 56.0 Å². The van der Waals surface area contributed by atoms with Crippen molar-refractivity contribution in [1.29, 1.82) is 0 Å². The highest BCUT2D eigenvalue weighted by atomic mass is 16.1. The third kappa shape index (κ3) is 4.80. The van der Waals surface area contributed by atoms with Crippen LogP contribution in [0.4, 0.5) is 0 Å². The number of nitrogens with zero attached hydrogens (tertiary/aromatic N) is 2. The summed E-state index contributed by atoms with van der Waals surface area (Å²) in [6.45, 7) is 7.83. The molecule has 0 bridgehead atoms. The Bertz CT molecular complexity index is 942. The first-order valence-corrected chi connectivity index (χ1v) is 10.4. The van der Waals surface area contributed by atoms with Gasteiger partial charge in [0.05, 0.1) is 11.0 Å². The predicted molar refractivity (Wildman–Crippen MR) is 116 cm³/mol. The summed E-state index contributed by atoms with van der Waals surface area (Å²) in [5, 5.41) is 3.06. The molecule has 148 valence electrons. The summed E-state index contributed by atoms with van der Waals surface area (Å²) in [5.74, 6) is 1.04. The number of benzene rings is 2. The molecule has 0 fully saturated rings. The summed E-state index contributed by atoms with van der Waals surface area (Å²) in [4.78, 5) is 17.4. The Labute approximate surface area is 168 Å². The van der Waals surface area contributed by atoms with E-state index in [1.54, 1.807) is 0 Å². The van der Waals surface area contributed by atoms with Gasteiger partial charge in [-0.25, -0.2) is 4.98 Å². The number of rotatable bonds is 9. The predicted octanol–water partition coefficient (Wildman–Crippen LogP) is 5.21. The van der Waals surface area contributed by atoms with Gasteiger partial charge in [0.25, 0.3) is 5.91 Å². The number of hydrogen-bond acceptors (Lipinski definition) is 2. The number of para-hydroxylation sites is 2. The molecule has 0 spiro atoms. The highest BCUT2D eigenvalue weighted by Crippen LogP contribution is 2.18. The van der Waals surface area contributed by atoms with Gasteiger partial charge in [-0.2, -0.15) is 0 Å². The van der Waals surface area contributed by atoms with E-state index < -0.39 is 0 Å². The van der Waals surface area contributed by atoms with Crippen LogP contribution in [0.1, 0.15) is 59.9 Å². The van der Waals surface area contributed by atoms with E-state index in [1.165, 1.54) is 30.3 Å². The SMILES string of the molecule is CCCCCCn1c(CCNC(=O)c2ccc(C)cc2C)nc2ccccc21. The molecule has 0 aliphatic rings. The normalized spacial score (nSPS) is 11.1. The lowest BCUT2D eigenvalue weighted by atomic mass is 10.1. The minimum Gasteiger partial charge on any atom is -0.352 e. The Morgan fingerprint density at radius 2 is 1.89 bits per heavy atom. The number of fused-ring (bicyclic) bond motifs is 1. The van der Waals surface area contributed by atoms with E-state index in [-0.39, 0.29) is 5.91 Å². The van der Waals surface area contributed by atoms with Gasteiger partial charge < -0.3 is 9.88 Å². The van der Waals surface area contributed by atoms with Gasteiger partial charge >= 0.3 is 0 Å². The Hall–Kier alpha value is -2.62. The van der Waals surface area contributed by atoms with Gasteiger partial charge in [0.2, 0.25) is 0 Å². The maximum Gasteiger partial charge on any atom is 0.251 e. The summed E-state index contributed by atoms with van der Waals surface area (Å²) in [7, 11) is 0. The van der Waals surface area contributed by atoms with Gasteiger partial charge in [0.15, 0.2) is 0 Å². The molecule has 1 amide bonds. The Morgan fingerprint density at radius 3 is 2.68 bits per heavy atom. The number of imidazole rings is 1. The summed E-state index contributed by atoms with van der Waals surface area (Å²) >= 11 is 0. The van der Waals surface area contributed by atoms with Gasteiger partial charge in [-0.05, 0) is 44.0 Å². The second-order valence-corrected chi connectivity index (χ2v) is 7.55. The largest absolute Gasteiger partial charge is 0.352 e. The number of amides is 1.